The molecule has 2 amide bonds. The van der Waals surface area contributed by atoms with E-state index in [1.807, 2.05) is 0 Å². The third-order valence-electron chi connectivity index (χ3n) is 5.73. The fraction of sp³-hybridized carbons (Fsp3) is 0.600. The Kier molecular flexibility index (Phi) is 6.75. The predicted molar refractivity (Wildman–Crippen MR) is 113 cm³/mol. The van der Waals surface area contributed by atoms with Crippen LogP contribution in [0, 0.1) is 0 Å². The fourth-order valence-corrected chi connectivity index (χ4v) is 5.44. The highest BCUT2D eigenvalue weighted by molar-refractivity contribution is 7.89. The number of benzene rings is 1. The number of hydrogen-bond donors (Lipinski definition) is 1. The van der Waals surface area contributed by atoms with E-state index in [2.05, 4.69) is 10.2 Å². The number of nitrogens with one attached hydrogen (secondary N) is 1. The molecule has 3 aliphatic rings. The SMILES string of the molecule is O=C(CN1C(=O)COc2ccc(S(=O)(=O)N3CCOCC3)cc21)NCCN1CCCC1. The van der Waals surface area contributed by atoms with Crippen LogP contribution in [0.3, 0.4) is 0 Å². The Morgan fingerprint density at radius 1 is 1.10 bits per heavy atom. The van der Waals surface area contributed by atoms with Gasteiger partial charge in [0.25, 0.3) is 5.91 Å². The average molecular weight is 453 g/mol. The Morgan fingerprint density at radius 2 is 1.84 bits per heavy atom. The summed E-state index contributed by atoms with van der Waals surface area (Å²) >= 11 is 0. The van der Waals surface area contributed by atoms with E-state index in [9.17, 15) is 18.0 Å². The molecule has 3 heterocycles. The number of hydrogen-bond acceptors (Lipinski definition) is 7. The van der Waals surface area contributed by atoms with Crippen molar-refractivity contribution in [2.75, 3.05) is 70.5 Å². The van der Waals surface area contributed by atoms with E-state index in [1.54, 1.807) is 0 Å². The van der Waals surface area contributed by atoms with Crippen LogP contribution in [0.4, 0.5) is 5.69 Å². The van der Waals surface area contributed by atoms with Crippen molar-refractivity contribution in [2.45, 2.75) is 17.7 Å². The molecule has 0 unspecified atom stereocenters. The van der Waals surface area contributed by atoms with Crippen molar-refractivity contribution in [3.63, 3.8) is 0 Å². The summed E-state index contributed by atoms with van der Waals surface area (Å²) in [6, 6.07) is 4.41. The van der Waals surface area contributed by atoms with Gasteiger partial charge in [0, 0.05) is 26.2 Å². The molecule has 0 spiro atoms. The molecular formula is C20H28N4O6S. The maximum absolute atomic E-state index is 13.0. The summed E-state index contributed by atoms with van der Waals surface area (Å²) in [6.07, 6.45) is 2.37. The maximum atomic E-state index is 13.0. The molecule has 1 aromatic carbocycles. The van der Waals surface area contributed by atoms with Gasteiger partial charge in [0.2, 0.25) is 15.9 Å². The topological polar surface area (TPSA) is 108 Å². The molecule has 1 N–H and O–H groups in total. The van der Waals surface area contributed by atoms with Gasteiger partial charge in [-0.05, 0) is 44.1 Å². The van der Waals surface area contributed by atoms with E-state index in [0.29, 0.717) is 31.2 Å². The van der Waals surface area contributed by atoms with Crippen molar-refractivity contribution in [1.29, 1.82) is 0 Å². The molecule has 1 aromatic rings. The zero-order valence-corrected chi connectivity index (χ0v) is 18.2. The first-order valence-corrected chi connectivity index (χ1v) is 12.0. The molecule has 31 heavy (non-hydrogen) atoms. The van der Waals surface area contributed by atoms with Crippen molar-refractivity contribution in [3.05, 3.63) is 18.2 Å². The van der Waals surface area contributed by atoms with Gasteiger partial charge in [-0.25, -0.2) is 8.42 Å². The number of likely N-dealkylation sites (tertiary alicyclic amines) is 1. The minimum absolute atomic E-state index is 0.0610. The van der Waals surface area contributed by atoms with Crippen LogP contribution >= 0.6 is 0 Å². The van der Waals surface area contributed by atoms with E-state index < -0.39 is 10.0 Å². The summed E-state index contributed by atoms with van der Waals surface area (Å²) < 4.78 is 38.0. The summed E-state index contributed by atoms with van der Waals surface area (Å²) in [5, 5.41) is 2.85. The Balaban J connectivity index is 1.46. The molecule has 2 saturated heterocycles. The van der Waals surface area contributed by atoms with Crippen molar-refractivity contribution in [2.24, 2.45) is 0 Å². The monoisotopic (exact) mass is 452 g/mol. The number of anilines is 1. The second kappa shape index (κ2) is 9.51. The summed E-state index contributed by atoms with van der Waals surface area (Å²) in [5.74, 6) is -0.296. The Hall–Kier alpha value is -2.21. The van der Waals surface area contributed by atoms with Crippen molar-refractivity contribution < 1.29 is 27.5 Å². The minimum atomic E-state index is -3.73. The number of fused-ring (bicyclic) bond motifs is 1. The number of carbonyl (C=O) groups excluding carboxylic acids is 2. The van der Waals surface area contributed by atoms with Crippen LogP contribution in [0.25, 0.3) is 0 Å². The van der Waals surface area contributed by atoms with Gasteiger partial charge in [0.15, 0.2) is 6.61 Å². The zero-order chi connectivity index (χ0) is 21.8. The molecule has 4 rings (SSSR count). The van der Waals surface area contributed by atoms with Crippen LogP contribution < -0.4 is 15.0 Å². The number of rotatable bonds is 7. The van der Waals surface area contributed by atoms with Crippen LogP contribution in [-0.2, 0) is 24.3 Å². The second-order valence-corrected chi connectivity index (χ2v) is 9.75. The highest BCUT2D eigenvalue weighted by atomic mass is 32.2. The number of amides is 2. The predicted octanol–water partition coefficient (Wildman–Crippen LogP) is -0.355. The van der Waals surface area contributed by atoms with Crippen molar-refractivity contribution >= 4 is 27.5 Å². The van der Waals surface area contributed by atoms with Crippen LogP contribution in [0.2, 0.25) is 0 Å². The lowest BCUT2D eigenvalue weighted by atomic mass is 10.2. The third-order valence-corrected chi connectivity index (χ3v) is 7.63. The maximum Gasteiger partial charge on any atom is 0.265 e. The highest BCUT2D eigenvalue weighted by Crippen LogP contribution is 2.35. The Morgan fingerprint density at radius 3 is 2.58 bits per heavy atom. The third kappa shape index (κ3) is 5.00. The molecule has 170 valence electrons. The van der Waals surface area contributed by atoms with Gasteiger partial charge >= 0.3 is 0 Å². The van der Waals surface area contributed by atoms with E-state index in [0.717, 1.165) is 19.6 Å². The summed E-state index contributed by atoms with van der Waals surface area (Å²) in [6.45, 7) is 4.25. The van der Waals surface area contributed by atoms with Gasteiger partial charge in [-0.15, -0.1) is 0 Å². The quantitative estimate of drug-likeness (QED) is 0.602. The largest absolute Gasteiger partial charge is 0.482 e. The Bertz CT molecular complexity index is 926. The lowest BCUT2D eigenvalue weighted by Crippen LogP contribution is -2.46. The first kappa shape index (κ1) is 22.0. The lowest BCUT2D eigenvalue weighted by molar-refractivity contribution is -0.125. The zero-order valence-electron chi connectivity index (χ0n) is 17.4. The molecular weight excluding hydrogens is 424 g/mol. The minimum Gasteiger partial charge on any atom is -0.482 e. The van der Waals surface area contributed by atoms with Crippen molar-refractivity contribution in [1.82, 2.24) is 14.5 Å². The van der Waals surface area contributed by atoms with Gasteiger partial charge in [0.1, 0.15) is 12.3 Å². The highest BCUT2D eigenvalue weighted by Gasteiger charge is 2.32. The Labute approximate surface area is 182 Å². The average Bonchev–Trinajstić information content (AvgIpc) is 3.29. The summed E-state index contributed by atoms with van der Waals surface area (Å²) in [4.78, 5) is 28.6. The van der Waals surface area contributed by atoms with Gasteiger partial charge in [-0.1, -0.05) is 0 Å². The standard InChI is InChI=1S/C20H28N4O6S/c25-19(21-5-8-22-6-1-2-7-22)14-24-17-13-16(3-4-18(17)30-15-20(24)26)31(27,28)23-9-11-29-12-10-23/h3-4,13H,1-2,5-12,14-15H2,(H,21,25). The number of ether oxygens (including phenoxy) is 2. The van der Waals surface area contributed by atoms with E-state index in [-0.39, 0.29) is 43.0 Å². The number of sulfonamides is 1. The molecule has 11 heteroatoms. The first-order chi connectivity index (χ1) is 14.9. The molecule has 0 saturated carbocycles. The fourth-order valence-electron chi connectivity index (χ4n) is 4.01. The van der Waals surface area contributed by atoms with E-state index in [4.69, 9.17) is 9.47 Å². The summed E-state index contributed by atoms with van der Waals surface area (Å²) in [5.41, 5.74) is 0.292. The van der Waals surface area contributed by atoms with Crippen LogP contribution in [0.15, 0.2) is 23.1 Å². The van der Waals surface area contributed by atoms with E-state index in [1.165, 1.54) is 40.2 Å². The van der Waals surface area contributed by atoms with Crippen LogP contribution in [0.5, 0.6) is 5.75 Å². The van der Waals surface area contributed by atoms with Crippen molar-refractivity contribution in [3.8, 4) is 5.75 Å². The second-order valence-electron chi connectivity index (χ2n) is 7.81. The van der Waals surface area contributed by atoms with E-state index >= 15 is 0 Å². The molecule has 0 radical (unpaired) electrons. The van der Waals surface area contributed by atoms with Crippen LogP contribution in [-0.4, -0.2) is 95.1 Å². The molecule has 0 aromatic heterocycles. The number of nitrogens with zero attached hydrogens (tertiary/aromatic N) is 3. The first-order valence-electron chi connectivity index (χ1n) is 10.6. The molecule has 2 fully saturated rings. The molecule has 10 nitrogen and oxygen atoms in total. The van der Waals surface area contributed by atoms with Crippen LogP contribution in [0.1, 0.15) is 12.8 Å². The molecule has 0 bridgehead atoms. The lowest BCUT2D eigenvalue weighted by Gasteiger charge is -2.30. The normalized spacial score (nSPS) is 20.4. The molecule has 0 aliphatic carbocycles. The molecule has 3 aliphatic heterocycles. The van der Waals surface area contributed by atoms with Gasteiger partial charge in [0.05, 0.1) is 23.8 Å². The van der Waals surface area contributed by atoms with Gasteiger partial charge < -0.3 is 19.7 Å². The summed E-state index contributed by atoms with van der Waals surface area (Å²) in [7, 11) is -3.73. The molecule has 0 atom stereocenters. The number of carbonyl (C=O) groups is 2. The van der Waals surface area contributed by atoms with Gasteiger partial charge in [-0.2, -0.15) is 4.31 Å². The smallest absolute Gasteiger partial charge is 0.265 e. The van der Waals surface area contributed by atoms with Gasteiger partial charge in [-0.3, -0.25) is 14.5 Å². The number of morpholine rings is 1.